The zero-order valence-electron chi connectivity index (χ0n) is 10.5. The van der Waals surface area contributed by atoms with Gasteiger partial charge in [-0.2, -0.15) is 15.0 Å². The van der Waals surface area contributed by atoms with Gasteiger partial charge in [-0.05, 0) is 29.9 Å². The minimum absolute atomic E-state index is 0.240. The highest BCUT2D eigenvalue weighted by Crippen LogP contribution is 2.31. The van der Waals surface area contributed by atoms with Crippen LogP contribution in [0.2, 0.25) is 5.28 Å². The van der Waals surface area contributed by atoms with Crippen LogP contribution in [0.15, 0.2) is 0 Å². The smallest absolute Gasteiger partial charge is 0.231 e. The van der Waals surface area contributed by atoms with Gasteiger partial charge >= 0.3 is 0 Å². The van der Waals surface area contributed by atoms with Crippen LogP contribution in [0.25, 0.3) is 0 Å². The van der Waals surface area contributed by atoms with Crippen molar-refractivity contribution in [2.24, 2.45) is 5.41 Å². The van der Waals surface area contributed by atoms with Crippen molar-refractivity contribution in [3.8, 4) is 0 Å². The van der Waals surface area contributed by atoms with Gasteiger partial charge in [0.25, 0.3) is 0 Å². The second-order valence-corrected chi connectivity index (χ2v) is 5.47. The molecule has 6 heteroatoms. The van der Waals surface area contributed by atoms with E-state index in [1.54, 1.807) is 7.05 Å². The second kappa shape index (κ2) is 4.64. The Hall–Kier alpha value is -1.10. The highest BCUT2D eigenvalue weighted by Gasteiger charge is 2.26. The number of hydrogen-bond donors (Lipinski definition) is 1. The summed E-state index contributed by atoms with van der Waals surface area (Å²) >= 11 is 5.88. The van der Waals surface area contributed by atoms with Crippen molar-refractivity contribution in [2.75, 3.05) is 30.4 Å². The lowest BCUT2D eigenvalue weighted by Gasteiger charge is -2.36. The van der Waals surface area contributed by atoms with Crippen molar-refractivity contribution >= 4 is 23.5 Å². The maximum absolute atomic E-state index is 5.88. The van der Waals surface area contributed by atoms with E-state index >= 15 is 0 Å². The Kier molecular flexibility index (Phi) is 3.38. The highest BCUT2D eigenvalue weighted by molar-refractivity contribution is 6.28. The van der Waals surface area contributed by atoms with Gasteiger partial charge in [-0.3, -0.25) is 0 Å². The Morgan fingerprint density at radius 3 is 2.41 bits per heavy atom. The summed E-state index contributed by atoms with van der Waals surface area (Å²) in [7, 11) is 1.77. The zero-order chi connectivity index (χ0) is 12.5. The summed E-state index contributed by atoms with van der Waals surface area (Å²) in [4.78, 5) is 14.7. The molecule has 0 saturated carbocycles. The molecule has 1 aliphatic rings. The van der Waals surface area contributed by atoms with E-state index in [1.165, 1.54) is 0 Å². The molecular formula is C11H18ClN5. The first-order valence-corrected chi connectivity index (χ1v) is 6.22. The fraction of sp³-hybridized carbons (Fsp3) is 0.727. The molecule has 0 amide bonds. The van der Waals surface area contributed by atoms with Gasteiger partial charge in [0.15, 0.2) is 0 Å². The summed E-state index contributed by atoms with van der Waals surface area (Å²) in [6, 6.07) is 0. The van der Waals surface area contributed by atoms with Gasteiger partial charge in [0.2, 0.25) is 17.2 Å². The number of hydrogen-bond acceptors (Lipinski definition) is 5. The fourth-order valence-electron chi connectivity index (χ4n) is 1.90. The maximum Gasteiger partial charge on any atom is 0.231 e. The lowest BCUT2D eigenvalue weighted by molar-refractivity contribution is 0.278. The van der Waals surface area contributed by atoms with Crippen LogP contribution in [-0.4, -0.2) is 35.1 Å². The van der Waals surface area contributed by atoms with Crippen LogP contribution < -0.4 is 10.2 Å². The predicted octanol–water partition coefficient (Wildman–Crippen LogP) is 2.19. The van der Waals surface area contributed by atoms with Crippen molar-refractivity contribution in [1.82, 2.24) is 15.0 Å². The molecule has 0 unspecified atom stereocenters. The van der Waals surface area contributed by atoms with E-state index in [1.807, 2.05) is 0 Å². The lowest BCUT2D eigenvalue weighted by Crippen LogP contribution is -2.38. The van der Waals surface area contributed by atoms with Crippen molar-refractivity contribution in [3.63, 3.8) is 0 Å². The molecule has 0 aromatic carbocycles. The Labute approximate surface area is 107 Å². The van der Waals surface area contributed by atoms with Crippen LogP contribution in [0.4, 0.5) is 11.9 Å². The van der Waals surface area contributed by atoms with E-state index < -0.39 is 0 Å². The van der Waals surface area contributed by atoms with Gasteiger partial charge in [-0.25, -0.2) is 0 Å². The van der Waals surface area contributed by atoms with Gasteiger partial charge in [-0.1, -0.05) is 13.8 Å². The fourth-order valence-corrected chi connectivity index (χ4v) is 2.06. The summed E-state index contributed by atoms with van der Waals surface area (Å²) in [6.45, 7) is 6.53. The minimum Gasteiger partial charge on any atom is -0.357 e. The number of nitrogens with one attached hydrogen (secondary N) is 1. The number of halogens is 1. The molecule has 5 nitrogen and oxygen atoms in total. The maximum atomic E-state index is 5.88. The summed E-state index contributed by atoms with van der Waals surface area (Å²) in [5.74, 6) is 1.19. The number of nitrogens with zero attached hydrogens (tertiary/aromatic N) is 4. The number of anilines is 2. The molecule has 94 valence electrons. The molecule has 2 rings (SSSR count). The first-order valence-electron chi connectivity index (χ1n) is 5.84. The van der Waals surface area contributed by atoms with E-state index in [0.717, 1.165) is 25.9 Å². The van der Waals surface area contributed by atoms with E-state index in [2.05, 4.69) is 39.0 Å². The normalized spacial score (nSPS) is 19.2. The molecule has 0 aliphatic carbocycles. The number of piperidine rings is 1. The zero-order valence-corrected chi connectivity index (χ0v) is 11.3. The Morgan fingerprint density at radius 2 is 1.82 bits per heavy atom. The molecule has 1 saturated heterocycles. The summed E-state index contributed by atoms with van der Waals surface area (Å²) < 4.78 is 0. The van der Waals surface area contributed by atoms with Crippen LogP contribution in [-0.2, 0) is 0 Å². The van der Waals surface area contributed by atoms with E-state index in [-0.39, 0.29) is 5.28 Å². The standard InChI is InChI=1S/C11H18ClN5/c1-11(2)4-6-17(7-5-11)10-15-8(12)14-9(13-3)16-10/h4-7H2,1-3H3,(H,13,14,15,16). The first-order chi connectivity index (χ1) is 8.00. The molecule has 0 atom stereocenters. The van der Waals surface area contributed by atoms with Crippen LogP contribution in [0.1, 0.15) is 26.7 Å². The minimum atomic E-state index is 0.240. The van der Waals surface area contributed by atoms with Crippen molar-refractivity contribution in [2.45, 2.75) is 26.7 Å². The summed E-state index contributed by atoms with van der Waals surface area (Å²) in [5.41, 5.74) is 0.416. The van der Waals surface area contributed by atoms with Gasteiger partial charge < -0.3 is 10.2 Å². The Morgan fingerprint density at radius 1 is 1.18 bits per heavy atom. The van der Waals surface area contributed by atoms with Crippen molar-refractivity contribution in [3.05, 3.63) is 5.28 Å². The highest BCUT2D eigenvalue weighted by atomic mass is 35.5. The van der Waals surface area contributed by atoms with E-state index in [9.17, 15) is 0 Å². The number of rotatable bonds is 2. The third-order valence-corrected chi connectivity index (χ3v) is 3.39. The molecule has 0 radical (unpaired) electrons. The van der Waals surface area contributed by atoms with Crippen LogP contribution in [0, 0.1) is 5.41 Å². The van der Waals surface area contributed by atoms with Gasteiger partial charge in [-0.15, -0.1) is 0 Å². The van der Waals surface area contributed by atoms with Crippen LogP contribution in [0.5, 0.6) is 0 Å². The molecule has 1 aromatic heterocycles. The molecule has 1 N–H and O–H groups in total. The first kappa shape index (κ1) is 12.4. The average molecular weight is 256 g/mol. The SMILES string of the molecule is CNc1nc(Cl)nc(N2CCC(C)(C)CC2)n1. The van der Waals surface area contributed by atoms with Gasteiger partial charge in [0.05, 0.1) is 0 Å². The molecule has 1 aromatic rings. The van der Waals surface area contributed by atoms with E-state index in [0.29, 0.717) is 17.3 Å². The van der Waals surface area contributed by atoms with Crippen LogP contribution >= 0.6 is 11.6 Å². The largest absolute Gasteiger partial charge is 0.357 e. The van der Waals surface area contributed by atoms with Gasteiger partial charge in [0, 0.05) is 20.1 Å². The molecule has 2 heterocycles. The second-order valence-electron chi connectivity index (χ2n) is 5.13. The molecule has 17 heavy (non-hydrogen) atoms. The average Bonchev–Trinajstić information content (AvgIpc) is 2.28. The lowest BCUT2D eigenvalue weighted by atomic mass is 9.83. The molecule has 0 spiro atoms. The molecule has 1 fully saturated rings. The molecule has 1 aliphatic heterocycles. The third-order valence-electron chi connectivity index (χ3n) is 3.22. The summed E-state index contributed by atoms with van der Waals surface area (Å²) in [5, 5.41) is 3.13. The Balaban J connectivity index is 2.15. The van der Waals surface area contributed by atoms with Crippen molar-refractivity contribution in [1.29, 1.82) is 0 Å². The predicted molar refractivity (Wildman–Crippen MR) is 69.6 cm³/mol. The van der Waals surface area contributed by atoms with E-state index in [4.69, 9.17) is 11.6 Å². The third kappa shape index (κ3) is 2.97. The topological polar surface area (TPSA) is 53.9 Å². The monoisotopic (exact) mass is 255 g/mol. The quantitative estimate of drug-likeness (QED) is 0.878. The molecular weight excluding hydrogens is 238 g/mol. The van der Waals surface area contributed by atoms with Crippen molar-refractivity contribution < 1.29 is 0 Å². The molecule has 0 bridgehead atoms. The number of aromatic nitrogens is 3. The summed E-state index contributed by atoms with van der Waals surface area (Å²) in [6.07, 6.45) is 2.29. The van der Waals surface area contributed by atoms with Crippen LogP contribution in [0.3, 0.4) is 0 Å². The Bertz CT molecular complexity index is 397. The van der Waals surface area contributed by atoms with Gasteiger partial charge in [0.1, 0.15) is 0 Å².